The molecule has 0 aliphatic heterocycles. The van der Waals surface area contributed by atoms with Gasteiger partial charge in [-0.1, -0.05) is 30.0 Å². The van der Waals surface area contributed by atoms with Crippen LogP contribution in [0.3, 0.4) is 0 Å². The highest BCUT2D eigenvalue weighted by Gasteiger charge is 2.08. The predicted octanol–water partition coefficient (Wildman–Crippen LogP) is 3.91. The van der Waals surface area contributed by atoms with E-state index in [2.05, 4.69) is 33.6 Å². The summed E-state index contributed by atoms with van der Waals surface area (Å²) in [6.45, 7) is 0. The summed E-state index contributed by atoms with van der Waals surface area (Å²) in [5.74, 6) is 12.3. The first-order chi connectivity index (χ1) is 13.2. The molecule has 0 radical (unpaired) electrons. The van der Waals surface area contributed by atoms with Crippen molar-refractivity contribution in [2.75, 3.05) is 0 Å². The Morgan fingerprint density at radius 3 is 2.26 bits per heavy atom. The average molecular weight is 351 g/mol. The largest absolute Gasteiger partial charge is 0.335 e. The minimum atomic E-state index is -0.291. The van der Waals surface area contributed by atoms with Crippen molar-refractivity contribution in [3.63, 3.8) is 0 Å². The molecule has 4 heteroatoms. The first-order valence-electron chi connectivity index (χ1n) is 8.37. The molecular formula is C23H14FN3. The van der Waals surface area contributed by atoms with E-state index in [0.29, 0.717) is 17.1 Å². The minimum Gasteiger partial charge on any atom is -0.335 e. The molecule has 2 aromatic heterocycles. The van der Waals surface area contributed by atoms with E-state index in [1.807, 2.05) is 54.2 Å². The number of benzene rings is 2. The van der Waals surface area contributed by atoms with Crippen LogP contribution in [-0.4, -0.2) is 14.5 Å². The maximum absolute atomic E-state index is 13.0. The van der Waals surface area contributed by atoms with E-state index in [-0.39, 0.29) is 5.82 Å². The van der Waals surface area contributed by atoms with Gasteiger partial charge in [0.15, 0.2) is 0 Å². The summed E-state index contributed by atoms with van der Waals surface area (Å²) in [7, 11) is 1.92. The highest BCUT2D eigenvalue weighted by atomic mass is 19.1. The first kappa shape index (κ1) is 16.6. The van der Waals surface area contributed by atoms with Crippen LogP contribution >= 0.6 is 0 Å². The van der Waals surface area contributed by atoms with Crippen LogP contribution in [0.15, 0.2) is 66.9 Å². The molecule has 27 heavy (non-hydrogen) atoms. The monoisotopic (exact) mass is 351 g/mol. The molecule has 0 saturated carbocycles. The van der Waals surface area contributed by atoms with Crippen LogP contribution in [0.4, 0.5) is 4.39 Å². The van der Waals surface area contributed by atoms with Gasteiger partial charge in [0.2, 0.25) is 5.82 Å². The number of halogens is 1. The van der Waals surface area contributed by atoms with E-state index in [9.17, 15) is 4.39 Å². The molecule has 0 unspecified atom stereocenters. The third-order valence-corrected chi connectivity index (χ3v) is 3.99. The molecule has 0 N–H and O–H groups in total. The lowest BCUT2D eigenvalue weighted by Crippen LogP contribution is -1.97. The molecule has 0 amide bonds. The summed E-state index contributed by atoms with van der Waals surface area (Å²) in [6, 6.07) is 17.7. The number of aromatic nitrogens is 3. The van der Waals surface area contributed by atoms with Gasteiger partial charge in [0.1, 0.15) is 17.2 Å². The van der Waals surface area contributed by atoms with Crippen LogP contribution in [-0.2, 0) is 7.05 Å². The SMILES string of the molecule is Cn1ccc2c(C#Cc3ccccc3)nc(C#Cc3ccc(F)cc3)nc21. The van der Waals surface area contributed by atoms with Gasteiger partial charge in [-0.3, -0.25) is 0 Å². The maximum Gasteiger partial charge on any atom is 0.208 e. The molecule has 0 aliphatic carbocycles. The molecule has 3 nitrogen and oxygen atoms in total. The van der Waals surface area contributed by atoms with Gasteiger partial charge in [-0.15, -0.1) is 0 Å². The van der Waals surface area contributed by atoms with E-state index in [0.717, 1.165) is 16.6 Å². The van der Waals surface area contributed by atoms with E-state index in [1.165, 1.54) is 12.1 Å². The zero-order chi connectivity index (χ0) is 18.6. The molecule has 0 atom stereocenters. The highest BCUT2D eigenvalue weighted by Crippen LogP contribution is 2.16. The summed E-state index contributed by atoms with van der Waals surface area (Å²) in [5.41, 5.74) is 3.02. The fourth-order valence-electron chi connectivity index (χ4n) is 2.60. The number of aryl methyl sites for hydroxylation is 1. The summed E-state index contributed by atoms with van der Waals surface area (Å²) in [5, 5.41) is 0.883. The molecule has 4 rings (SSSR count). The van der Waals surface area contributed by atoms with Crippen molar-refractivity contribution in [1.82, 2.24) is 14.5 Å². The second kappa shape index (κ2) is 7.15. The van der Waals surface area contributed by atoms with Crippen molar-refractivity contribution in [2.24, 2.45) is 7.05 Å². The van der Waals surface area contributed by atoms with Gasteiger partial charge in [0, 0.05) is 24.4 Å². The van der Waals surface area contributed by atoms with E-state index >= 15 is 0 Å². The number of hydrogen-bond acceptors (Lipinski definition) is 2. The number of hydrogen-bond donors (Lipinski definition) is 0. The maximum atomic E-state index is 13.0. The van der Waals surface area contributed by atoms with Crippen LogP contribution in [0.5, 0.6) is 0 Å². The molecule has 4 aromatic rings. The summed E-state index contributed by atoms with van der Waals surface area (Å²) in [4.78, 5) is 9.04. The third-order valence-electron chi connectivity index (χ3n) is 3.99. The Kier molecular flexibility index (Phi) is 4.39. The Labute approximate surface area is 156 Å². The Morgan fingerprint density at radius 2 is 1.48 bits per heavy atom. The third kappa shape index (κ3) is 3.71. The van der Waals surface area contributed by atoms with Crippen molar-refractivity contribution >= 4 is 11.0 Å². The van der Waals surface area contributed by atoms with Crippen LogP contribution in [0, 0.1) is 29.5 Å². The average Bonchev–Trinajstić information content (AvgIpc) is 3.07. The highest BCUT2D eigenvalue weighted by molar-refractivity contribution is 5.82. The second-order valence-corrected chi connectivity index (χ2v) is 5.93. The number of rotatable bonds is 0. The van der Waals surface area contributed by atoms with Gasteiger partial charge < -0.3 is 4.57 Å². The van der Waals surface area contributed by atoms with Crippen LogP contribution in [0.1, 0.15) is 22.6 Å². The summed E-state index contributed by atoms with van der Waals surface area (Å²) < 4.78 is 14.9. The topological polar surface area (TPSA) is 30.7 Å². The van der Waals surface area contributed by atoms with Gasteiger partial charge >= 0.3 is 0 Å². The molecule has 0 aliphatic rings. The van der Waals surface area contributed by atoms with E-state index < -0.39 is 0 Å². The van der Waals surface area contributed by atoms with Crippen LogP contribution in [0.2, 0.25) is 0 Å². The minimum absolute atomic E-state index is 0.291. The van der Waals surface area contributed by atoms with Crippen molar-refractivity contribution in [3.8, 4) is 23.7 Å². The van der Waals surface area contributed by atoms with Crippen molar-refractivity contribution in [2.45, 2.75) is 0 Å². The fraction of sp³-hybridized carbons (Fsp3) is 0.0435. The smallest absolute Gasteiger partial charge is 0.208 e. The van der Waals surface area contributed by atoms with Gasteiger partial charge in [-0.25, -0.2) is 14.4 Å². The molecular weight excluding hydrogens is 337 g/mol. The Morgan fingerprint density at radius 1 is 0.778 bits per heavy atom. The first-order valence-corrected chi connectivity index (χ1v) is 8.37. The molecule has 0 fully saturated rings. The second-order valence-electron chi connectivity index (χ2n) is 5.93. The Bertz CT molecular complexity index is 1230. The summed E-state index contributed by atoms with van der Waals surface area (Å²) in [6.07, 6.45) is 1.92. The van der Waals surface area contributed by atoms with Gasteiger partial charge in [-0.2, -0.15) is 0 Å². The summed E-state index contributed by atoms with van der Waals surface area (Å²) >= 11 is 0. The molecule has 128 valence electrons. The Balaban J connectivity index is 1.78. The van der Waals surface area contributed by atoms with E-state index in [1.54, 1.807) is 12.1 Å². The van der Waals surface area contributed by atoms with Crippen molar-refractivity contribution in [1.29, 1.82) is 0 Å². The molecule has 2 aromatic carbocycles. The number of fused-ring (bicyclic) bond motifs is 1. The van der Waals surface area contributed by atoms with Crippen molar-refractivity contribution in [3.05, 3.63) is 95.3 Å². The van der Waals surface area contributed by atoms with Crippen LogP contribution in [0.25, 0.3) is 11.0 Å². The lowest BCUT2D eigenvalue weighted by Gasteiger charge is -1.99. The predicted molar refractivity (Wildman–Crippen MR) is 103 cm³/mol. The zero-order valence-electron chi connectivity index (χ0n) is 14.6. The van der Waals surface area contributed by atoms with E-state index in [4.69, 9.17) is 0 Å². The molecule has 0 saturated heterocycles. The van der Waals surface area contributed by atoms with Gasteiger partial charge in [0.05, 0.1) is 5.39 Å². The standard InChI is InChI=1S/C23H14FN3/c1-27-16-15-20-21(13-9-17-5-3-2-4-6-17)25-22(26-23(20)27)14-10-18-7-11-19(24)12-8-18/h2-8,11-12,15-16H,1H3. The molecule has 0 bridgehead atoms. The lowest BCUT2D eigenvalue weighted by molar-refractivity contribution is 0.627. The Hall–Kier alpha value is -3.89. The van der Waals surface area contributed by atoms with Crippen molar-refractivity contribution < 1.29 is 4.39 Å². The molecule has 0 spiro atoms. The van der Waals surface area contributed by atoms with Gasteiger partial charge in [-0.05, 0) is 54.3 Å². The normalized spacial score (nSPS) is 10.0. The molecule has 2 heterocycles. The quantitative estimate of drug-likeness (QED) is 0.450. The lowest BCUT2D eigenvalue weighted by atomic mass is 10.2. The number of nitrogens with zero attached hydrogens (tertiary/aromatic N) is 3. The zero-order valence-corrected chi connectivity index (χ0v) is 14.6. The van der Waals surface area contributed by atoms with Crippen LogP contribution < -0.4 is 0 Å². The fourth-order valence-corrected chi connectivity index (χ4v) is 2.60. The van der Waals surface area contributed by atoms with Gasteiger partial charge in [0.25, 0.3) is 0 Å².